The summed E-state index contributed by atoms with van der Waals surface area (Å²) in [6.07, 6.45) is 4.42. The zero-order chi connectivity index (χ0) is 16.2. The number of hydrogen-bond acceptors (Lipinski definition) is 2. The van der Waals surface area contributed by atoms with Gasteiger partial charge in [0.15, 0.2) is 0 Å². The number of ether oxygens (including phenoxy) is 1. The molecule has 0 N–H and O–H groups in total. The summed E-state index contributed by atoms with van der Waals surface area (Å²) in [5.41, 5.74) is 3.26. The van der Waals surface area contributed by atoms with Gasteiger partial charge in [0.1, 0.15) is 5.75 Å². The molecule has 0 radical (unpaired) electrons. The van der Waals surface area contributed by atoms with Gasteiger partial charge in [-0.3, -0.25) is 4.79 Å². The first-order chi connectivity index (χ1) is 11.2. The van der Waals surface area contributed by atoms with Gasteiger partial charge in [0.25, 0.3) is 5.91 Å². The number of fused-ring (bicyclic) bond motifs is 1. The molecule has 23 heavy (non-hydrogen) atoms. The predicted octanol–water partition coefficient (Wildman–Crippen LogP) is 4.08. The summed E-state index contributed by atoms with van der Waals surface area (Å²) >= 11 is 0. The summed E-state index contributed by atoms with van der Waals surface area (Å²) in [6.45, 7) is 4.70. The van der Waals surface area contributed by atoms with E-state index in [4.69, 9.17) is 4.74 Å². The molecule has 0 fully saturated rings. The molecular weight excluding hydrogens is 286 g/mol. The Hall–Kier alpha value is -2.55. The van der Waals surface area contributed by atoms with E-state index in [9.17, 15) is 4.79 Å². The summed E-state index contributed by atoms with van der Waals surface area (Å²) in [7, 11) is 0. The van der Waals surface area contributed by atoms with Gasteiger partial charge in [0, 0.05) is 17.8 Å². The number of amides is 1. The van der Waals surface area contributed by atoms with Crippen molar-refractivity contribution in [2.45, 2.75) is 26.3 Å². The summed E-state index contributed by atoms with van der Waals surface area (Å²) in [5, 5.41) is 0. The summed E-state index contributed by atoms with van der Waals surface area (Å²) < 4.78 is 5.42. The van der Waals surface area contributed by atoms with Gasteiger partial charge in [-0.05, 0) is 55.7 Å². The van der Waals surface area contributed by atoms with Crippen LogP contribution in [0.15, 0.2) is 54.6 Å². The Bertz CT molecular complexity index is 719. The molecule has 118 valence electrons. The largest absolute Gasteiger partial charge is 0.494 e. The van der Waals surface area contributed by atoms with Crippen LogP contribution in [-0.4, -0.2) is 18.6 Å². The van der Waals surface area contributed by atoms with Crippen LogP contribution in [0.25, 0.3) is 6.08 Å². The Morgan fingerprint density at radius 1 is 1.22 bits per heavy atom. The van der Waals surface area contributed by atoms with E-state index in [2.05, 4.69) is 13.0 Å². The number of benzene rings is 2. The lowest BCUT2D eigenvalue weighted by molar-refractivity contribution is -0.114. The maximum absolute atomic E-state index is 12.6. The summed E-state index contributed by atoms with van der Waals surface area (Å²) in [5.74, 6) is 0.870. The van der Waals surface area contributed by atoms with Crippen LogP contribution in [-0.2, 0) is 11.2 Å². The minimum atomic E-state index is 0.0244. The SMILES string of the molecule is CCOc1ccc(/C=C/C(=O)N2c3ccccc3C[C@@H]2C)cc1. The molecule has 0 unspecified atom stereocenters. The molecule has 0 spiro atoms. The number of anilines is 1. The van der Waals surface area contributed by atoms with Crippen molar-refractivity contribution in [2.75, 3.05) is 11.5 Å². The van der Waals surface area contributed by atoms with E-state index in [0.29, 0.717) is 6.61 Å². The van der Waals surface area contributed by atoms with Gasteiger partial charge >= 0.3 is 0 Å². The second kappa shape index (κ2) is 6.69. The molecule has 3 nitrogen and oxygen atoms in total. The van der Waals surface area contributed by atoms with Crippen LogP contribution < -0.4 is 9.64 Å². The second-order valence-corrected chi connectivity index (χ2v) is 5.73. The fourth-order valence-corrected chi connectivity index (χ4v) is 2.99. The number of carbonyl (C=O) groups excluding carboxylic acids is 1. The molecule has 1 amide bonds. The third-order valence-electron chi connectivity index (χ3n) is 4.05. The van der Waals surface area contributed by atoms with Crippen LogP contribution in [0.3, 0.4) is 0 Å². The number of carbonyl (C=O) groups is 1. The van der Waals surface area contributed by atoms with Crippen molar-refractivity contribution in [3.8, 4) is 5.75 Å². The highest BCUT2D eigenvalue weighted by molar-refractivity contribution is 6.05. The smallest absolute Gasteiger partial charge is 0.251 e. The Morgan fingerprint density at radius 2 is 1.96 bits per heavy atom. The lowest BCUT2D eigenvalue weighted by atomic mass is 10.1. The van der Waals surface area contributed by atoms with E-state index in [1.54, 1.807) is 6.08 Å². The average Bonchev–Trinajstić information content (AvgIpc) is 2.90. The molecule has 2 aromatic rings. The highest BCUT2D eigenvalue weighted by Crippen LogP contribution is 2.32. The number of nitrogens with zero attached hydrogens (tertiary/aromatic N) is 1. The van der Waals surface area contributed by atoms with E-state index >= 15 is 0 Å². The molecule has 0 saturated carbocycles. The van der Waals surface area contributed by atoms with Crippen molar-refractivity contribution in [1.29, 1.82) is 0 Å². The van der Waals surface area contributed by atoms with E-state index in [1.165, 1.54) is 5.56 Å². The Kier molecular flexibility index (Phi) is 4.47. The average molecular weight is 307 g/mol. The molecule has 1 aliphatic heterocycles. The standard InChI is InChI=1S/C20H21NO2/c1-3-23-18-11-8-16(9-12-18)10-13-20(22)21-15(2)14-17-6-4-5-7-19(17)21/h4-13,15H,3,14H2,1-2H3/b13-10+/t15-/m0/s1. The first kappa shape index (κ1) is 15.3. The molecule has 1 heterocycles. The molecule has 1 atom stereocenters. The second-order valence-electron chi connectivity index (χ2n) is 5.73. The molecule has 0 aromatic heterocycles. The van der Waals surface area contributed by atoms with Crippen molar-refractivity contribution < 1.29 is 9.53 Å². The Labute approximate surface area is 137 Å². The minimum Gasteiger partial charge on any atom is -0.494 e. The molecule has 2 aromatic carbocycles. The van der Waals surface area contributed by atoms with E-state index in [0.717, 1.165) is 23.4 Å². The van der Waals surface area contributed by atoms with Crippen molar-refractivity contribution in [3.05, 3.63) is 65.7 Å². The van der Waals surface area contributed by atoms with Crippen LogP contribution in [0, 0.1) is 0 Å². The van der Waals surface area contributed by atoms with Crippen LogP contribution in [0.4, 0.5) is 5.69 Å². The lowest BCUT2D eigenvalue weighted by Crippen LogP contribution is -2.34. The van der Waals surface area contributed by atoms with Gasteiger partial charge in [-0.2, -0.15) is 0 Å². The van der Waals surface area contributed by atoms with Gasteiger partial charge < -0.3 is 9.64 Å². The highest BCUT2D eigenvalue weighted by atomic mass is 16.5. The van der Waals surface area contributed by atoms with Gasteiger partial charge in [0.2, 0.25) is 0 Å². The van der Waals surface area contributed by atoms with E-state index in [1.807, 2.05) is 60.4 Å². The third kappa shape index (κ3) is 3.29. The highest BCUT2D eigenvalue weighted by Gasteiger charge is 2.29. The Balaban J connectivity index is 1.74. The molecule has 0 bridgehead atoms. The Morgan fingerprint density at radius 3 is 2.70 bits per heavy atom. The van der Waals surface area contributed by atoms with Crippen molar-refractivity contribution in [1.82, 2.24) is 0 Å². The maximum Gasteiger partial charge on any atom is 0.251 e. The topological polar surface area (TPSA) is 29.5 Å². The quantitative estimate of drug-likeness (QED) is 0.797. The molecule has 0 saturated heterocycles. The predicted molar refractivity (Wildman–Crippen MR) is 93.7 cm³/mol. The normalized spacial score (nSPS) is 16.6. The van der Waals surface area contributed by atoms with Gasteiger partial charge in [0.05, 0.1) is 6.61 Å². The monoisotopic (exact) mass is 307 g/mol. The van der Waals surface area contributed by atoms with Crippen LogP contribution in [0.1, 0.15) is 25.0 Å². The van der Waals surface area contributed by atoms with Crippen LogP contribution in [0.5, 0.6) is 5.75 Å². The van der Waals surface area contributed by atoms with Gasteiger partial charge in [-0.15, -0.1) is 0 Å². The molecule has 3 heteroatoms. The van der Waals surface area contributed by atoms with E-state index in [-0.39, 0.29) is 11.9 Å². The molecule has 3 rings (SSSR count). The molecule has 1 aliphatic rings. The molecular formula is C20H21NO2. The molecule has 0 aliphatic carbocycles. The summed E-state index contributed by atoms with van der Waals surface area (Å²) in [6, 6.07) is 16.1. The fraction of sp³-hybridized carbons (Fsp3) is 0.250. The zero-order valence-corrected chi connectivity index (χ0v) is 13.5. The number of hydrogen-bond donors (Lipinski definition) is 0. The minimum absolute atomic E-state index is 0.0244. The lowest BCUT2D eigenvalue weighted by Gasteiger charge is -2.20. The third-order valence-corrected chi connectivity index (χ3v) is 4.05. The zero-order valence-electron chi connectivity index (χ0n) is 13.5. The van der Waals surface area contributed by atoms with Crippen LogP contribution in [0.2, 0.25) is 0 Å². The first-order valence-electron chi connectivity index (χ1n) is 8.01. The van der Waals surface area contributed by atoms with Gasteiger partial charge in [-0.25, -0.2) is 0 Å². The van der Waals surface area contributed by atoms with E-state index < -0.39 is 0 Å². The van der Waals surface area contributed by atoms with Crippen LogP contribution >= 0.6 is 0 Å². The first-order valence-corrected chi connectivity index (χ1v) is 8.01. The fourth-order valence-electron chi connectivity index (χ4n) is 2.99. The van der Waals surface area contributed by atoms with Crippen molar-refractivity contribution in [2.24, 2.45) is 0 Å². The maximum atomic E-state index is 12.6. The van der Waals surface area contributed by atoms with Gasteiger partial charge in [-0.1, -0.05) is 30.3 Å². The number of rotatable bonds is 4. The van der Waals surface area contributed by atoms with Crippen molar-refractivity contribution in [3.63, 3.8) is 0 Å². The van der Waals surface area contributed by atoms with Crippen molar-refractivity contribution >= 4 is 17.7 Å². The number of para-hydroxylation sites is 1. The summed E-state index contributed by atoms with van der Waals surface area (Å²) in [4.78, 5) is 14.5.